The molecule has 3 nitrogen and oxygen atoms in total. The van der Waals surface area contributed by atoms with E-state index in [9.17, 15) is 4.39 Å². The van der Waals surface area contributed by atoms with E-state index >= 15 is 0 Å². The quantitative estimate of drug-likeness (QED) is 0.889. The Morgan fingerprint density at radius 2 is 1.71 bits per heavy atom. The molecule has 112 valence electrons. The fourth-order valence-electron chi connectivity index (χ4n) is 2.26. The first-order valence-corrected chi connectivity index (χ1v) is 6.79. The number of hydrogen-bond acceptors (Lipinski definition) is 3. The third-order valence-corrected chi connectivity index (χ3v) is 3.39. The summed E-state index contributed by atoms with van der Waals surface area (Å²) in [5.41, 5.74) is 2.86. The lowest BCUT2D eigenvalue weighted by molar-refractivity contribution is 0.386. The molecule has 0 heterocycles. The highest BCUT2D eigenvalue weighted by Gasteiger charge is 2.12. The van der Waals surface area contributed by atoms with Crippen molar-refractivity contribution >= 4 is 5.69 Å². The molecule has 0 fully saturated rings. The van der Waals surface area contributed by atoms with Crippen LogP contribution in [0.4, 0.5) is 10.1 Å². The molecule has 0 amide bonds. The summed E-state index contributed by atoms with van der Waals surface area (Å²) in [7, 11) is 3.10. The number of halogens is 1. The van der Waals surface area contributed by atoms with E-state index in [1.807, 2.05) is 32.0 Å². The van der Waals surface area contributed by atoms with Gasteiger partial charge in [-0.1, -0.05) is 12.1 Å². The van der Waals surface area contributed by atoms with Gasteiger partial charge in [0, 0.05) is 17.3 Å². The van der Waals surface area contributed by atoms with Crippen LogP contribution in [0.15, 0.2) is 36.4 Å². The van der Waals surface area contributed by atoms with E-state index in [0.717, 1.165) is 16.9 Å². The molecule has 0 aliphatic heterocycles. The lowest BCUT2D eigenvalue weighted by Gasteiger charge is -2.19. The average molecular weight is 289 g/mol. The highest BCUT2D eigenvalue weighted by atomic mass is 19.1. The summed E-state index contributed by atoms with van der Waals surface area (Å²) in [5.74, 6) is 0.677. The Morgan fingerprint density at radius 1 is 1.00 bits per heavy atom. The summed E-state index contributed by atoms with van der Waals surface area (Å²) < 4.78 is 24.0. The van der Waals surface area contributed by atoms with Gasteiger partial charge in [0.25, 0.3) is 0 Å². The largest absolute Gasteiger partial charge is 0.496 e. The number of aryl methyl sites for hydroxylation is 1. The Kier molecular flexibility index (Phi) is 4.68. The highest BCUT2D eigenvalue weighted by molar-refractivity contribution is 5.50. The minimum Gasteiger partial charge on any atom is -0.496 e. The van der Waals surface area contributed by atoms with Gasteiger partial charge in [-0.15, -0.1) is 0 Å². The van der Waals surface area contributed by atoms with Gasteiger partial charge in [0.2, 0.25) is 0 Å². The van der Waals surface area contributed by atoms with Crippen molar-refractivity contribution < 1.29 is 13.9 Å². The Hall–Kier alpha value is -2.23. The van der Waals surface area contributed by atoms with E-state index in [1.165, 1.54) is 13.2 Å². The van der Waals surface area contributed by atoms with E-state index < -0.39 is 0 Å². The Labute approximate surface area is 124 Å². The SMILES string of the molecule is COc1ccc(NC(C)c2ccc(C)cc2OC)cc1F. The van der Waals surface area contributed by atoms with Gasteiger partial charge in [0.05, 0.1) is 20.3 Å². The first kappa shape index (κ1) is 15.2. The summed E-state index contributed by atoms with van der Waals surface area (Å²) in [6.45, 7) is 4.03. The molecule has 21 heavy (non-hydrogen) atoms. The molecule has 0 aliphatic rings. The normalized spacial score (nSPS) is 11.9. The number of benzene rings is 2. The van der Waals surface area contributed by atoms with Crippen LogP contribution in [-0.2, 0) is 0 Å². The van der Waals surface area contributed by atoms with Gasteiger partial charge in [0.1, 0.15) is 5.75 Å². The van der Waals surface area contributed by atoms with Crippen LogP contribution in [-0.4, -0.2) is 14.2 Å². The molecule has 0 aliphatic carbocycles. The van der Waals surface area contributed by atoms with Gasteiger partial charge >= 0.3 is 0 Å². The number of rotatable bonds is 5. The molecule has 1 atom stereocenters. The number of anilines is 1. The Morgan fingerprint density at radius 3 is 2.33 bits per heavy atom. The van der Waals surface area contributed by atoms with Crippen molar-refractivity contribution in [2.24, 2.45) is 0 Å². The molecular weight excluding hydrogens is 269 g/mol. The van der Waals surface area contributed by atoms with Crippen LogP contribution in [0.3, 0.4) is 0 Å². The van der Waals surface area contributed by atoms with Crippen molar-refractivity contribution in [3.63, 3.8) is 0 Å². The van der Waals surface area contributed by atoms with Gasteiger partial charge in [0.15, 0.2) is 11.6 Å². The van der Waals surface area contributed by atoms with Crippen molar-refractivity contribution in [2.45, 2.75) is 19.9 Å². The standard InChI is InChI=1S/C17H20FNO2/c1-11-5-7-14(17(9-11)21-4)12(2)19-13-6-8-16(20-3)15(18)10-13/h5-10,12,19H,1-4H3. The predicted molar refractivity (Wildman–Crippen MR) is 82.7 cm³/mol. The summed E-state index contributed by atoms with van der Waals surface area (Å²) in [5, 5.41) is 3.27. The fourth-order valence-corrected chi connectivity index (χ4v) is 2.26. The van der Waals surface area contributed by atoms with Crippen molar-refractivity contribution in [1.29, 1.82) is 0 Å². The number of ether oxygens (including phenoxy) is 2. The molecule has 1 N–H and O–H groups in total. The van der Waals surface area contributed by atoms with Crippen molar-refractivity contribution in [3.05, 3.63) is 53.3 Å². The van der Waals surface area contributed by atoms with E-state index in [2.05, 4.69) is 5.32 Å². The maximum atomic E-state index is 13.7. The van der Waals surface area contributed by atoms with Crippen molar-refractivity contribution in [1.82, 2.24) is 0 Å². The monoisotopic (exact) mass is 289 g/mol. The maximum absolute atomic E-state index is 13.7. The highest BCUT2D eigenvalue weighted by Crippen LogP contribution is 2.30. The summed E-state index contributed by atoms with van der Waals surface area (Å²) >= 11 is 0. The Balaban J connectivity index is 2.21. The molecule has 0 radical (unpaired) electrons. The van der Waals surface area contributed by atoms with Gasteiger partial charge in [-0.25, -0.2) is 4.39 Å². The van der Waals surface area contributed by atoms with E-state index in [-0.39, 0.29) is 17.6 Å². The van der Waals surface area contributed by atoms with Gasteiger partial charge < -0.3 is 14.8 Å². The van der Waals surface area contributed by atoms with Gasteiger partial charge in [-0.3, -0.25) is 0 Å². The third-order valence-electron chi connectivity index (χ3n) is 3.39. The number of nitrogens with one attached hydrogen (secondary N) is 1. The zero-order valence-electron chi connectivity index (χ0n) is 12.7. The topological polar surface area (TPSA) is 30.5 Å². The van der Waals surface area contributed by atoms with Crippen molar-refractivity contribution in [3.8, 4) is 11.5 Å². The maximum Gasteiger partial charge on any atom is 0.167 e. The van der Waals surface area contributed by atoms with Crippen LogP contribution < -0.4 is 14.8 Å². The molecule has 0 saturated carbocycles. The molecular formula is C17H20FNO2. The summed E-state index contributed by atoms with van der Waals surface area (Å²) in [4.78, 5) is 0. The minimum atomic E-state index is -0.384. The van der Waals surface area contributed by atoms with Crippen LogP contribution in [0.5, 0.6) is 11.5 Å². The molecule has 0 bridgehead atoms. The second kappa shape index (κ2) is 6.48. The van der Waals surface area contributed by atoms with E-state index in [4.69, 9.17) is 9.47 Å². The molecule has 0 aromatic heterocycles. The predicted octanol–water partition coefficient (Wildman–Crippen LogP) is 4.32. The number of hydrogen-bond donors (Lipinski definition) is 1. The van der Waals surface area contributed by atoms with E-state index in [1.54, 1.807) is 19.2 Å². The van der Waals surface area contributed by atoms with Crippen LogP contribution in [0, 0.1) is 12.7 Å². The molecule has 2 rings (SSSR count). The third kappa shape index (κ3) is 3.45. The first-order chi connectivity index (χ1) is 10.0. The first-order valence-electron chi connectivity index (χ1n) is 6.79. The van der Waals surface area contributed by atoms with Crippen molar-refractivity contribution in [2.75, 3.05) is 19.5 Å². The van der Waals surface area contributed by atoms with Crippen LogP contribution >= 0.6 is 0 Å². The second-order valence-electron chi connectivity index (χ2n) is 4.96. The van der Waals surface area contributed by atoms with E-state index in [0.29, 0.717) is 5.69 Å². The summed E-state index contributed by atoms with van der Waals surface area (Å²) in [6.07, 6.45) is 0. The second-order valence-corrected chi connectivity index (χ2v) is 4.96. The fraction of sp³-hybridized carbons (Fsp3) is 0.294. The number of methoxy groups -OCH3 is 2. The van der Waals surface area contributed by atoms with Gasteiger partial charge in [-0.2, -0.15) is 0 Å². The average Bonchev–Trinajstić information content (AvgIpc) is 2.47. The zero-order valence-corrected chi connectivity index (χ0v) is 12.7. The van der Waals surface area contributed by atoms with Crippen LogP contribution in [0.25, 0.3) is 0 Å². The minimum absolute atomic E-state index is 0.00616. The van der Waals surface area contributed by atoms with Crippen LogP contribution in [0.1, 0.15) is 24.1 Å². The molecule has 2 aromatic carbocycles. The lowest BCUT2D eigenvalue weighted by Crippen LogP contribution is -2.08. The molecule has 0 spiro atoms. The van der Waals surface area contributed by atoms with Gasteiger partial charge in [-0.05, 0) is 37.6 Å². The Bertz CT molecular complexity index is 628. The smallest absolute Gasteiger partial charge is 0.167 e. The summed E-state index contributed by atoms with van der Waals surface area (Å²) in [6, 6.07) is 10.9. The molecule has 1 unspecified atom stereocenters. The lowest BCUT2D eigenvalue weighted by atomic mass is 10.0. The molecule has 0 saturated heterocycles. The zero-order chi connectivity index (χ0) is 15.4. The molecule has 2 aromatic rings. The molecule has 4 heteroatoms. The van der Waals surface area contributed by atoms with Crippen LogP contribution in [0.2, 0.25) is 0 Å².